The van der Waals surface area contributed by atoms with Gasteiger partial charge in [-0.1, -0.05) is 11.6 Å². The van der Waals surface area contributed by atoms with Crippen LogP contribution in [0.15, 0.2) is 24.0 Å². The van der Waals surface area contributed by atoms with Crippen LogP contribution in [0.3, 0.4) is 0 Å². The zero-order chi connectivity index (χ0) is 9.97. The molecule has 4 heteroatoms. The van der Waals surface area contributed by atoms with E-state index in [1.54, 1.807) is 11.3 Å². The fourth-order valence-electron chi connectivity index (χ4n) is 1.55. The molecule has 1 aromatic rings. The van der Waals surface area contributed by atoms with Crippen LogP contribution in [0.4, 0.5) is 0 Å². The molecule has 0 spiro atoms. The number of nitrogens with one attached hydrogen (secondary N) is 1. The summed E-state index contributed by atoms with van der Waals surface area (Å²) in [6, 6.07) is 4.12. The molecule has 0 aliphatic carbocycles. The van der Waals surface area contributed by atoms with Gasteiger partial charge in [0, 0.05) is 11.3 Å². The molecular formula is C10H12ClNOS. The summed E-state index contributed by atoms with van der Waals surface area (Å²) in [6.45, 7) is 0.798. The average Bonchev–Trinajstić information content (AvgIpc) is 2.79. The largest absolute Gasteiger partial charge is 0.496 e. The Kier molecular flexibility index (Phi) is 3.11. The fourth-order valence-corrected chi connectivity index (χ4v) is 2.73. The molecule has 0 amide bonds. The molecule has 1 aliphatic heterocycles. The second kappa shape index (κ2) is 4.34. The minimum absolute atomic E-state index is 0.162. The Labute approximate surface area is 92.5 Å². The Bertz CT molecular complexity index is 348. The highest BCUT2D eigenvalue weighted by atomic mass is 35.5. The van der Waals surface area contributed by atoms with E-state index in [9.17, 15) is 0 Å². The number of hydrogen-bond acceptors (Lipinski definition) is 3. The van der Waals surface area contributed by atoms with Crippen molar-refractivity contribution in [3.05, 3.63) is 33.2 Å². The Morgan fingerprint density at radius 3 is 2.93 bits per heavy atom. The third-order valence-corrected chi connectivity index (χ3v) is 3.48. The minimum atomic E-state index is 0.162. The molecule has 1 N–H and O–H groups in total. The lowest BCUT2D eigenvalue weighted by molar-refractivity contribution is 0.219. The van der Waals surface area contributed by atoms with Gasteiger partial charge in [-0.05, 0) is 25.3 Å². The van der Waals surface area contributed by atoms with Gasteiger partial charge in [0.25, 0.3) is 0 Å². The molecule has 0 fully saturated rings. The number of thiophene rings is 1. The van der Waals surface area contributed by atoms with Gasteiger partial charge in [-0.25, -0.2) is 0 Å². The first-order valence-corrected chi connectivity index (χ1v) is 5.76. The summed E-state index contributed by atoms with van der Waals surface area (Å²) in [5.74, 6) is 1.02. The van der Waals surface area contributed by atoms with Crippen LogP contribution in [0.5, 0.6) is 0 Å². The van der Waals surface area contributed by atoms with Crippen molar-refractivity contribution in [3.8, 4) is 0 Å². The quantitative estimate of drug-likeness (QED) is 0.861. The summed E-state index contributed by atoms with van der Waals surface area (Å²) >= 11 is 7.49. The number of ether oxygens (including phenoxy) is 1. The monoisotopic (exact) mass is 229 g/mol. The predicted octanol–water partition coefficient (Wildman–Crippen LogP) is 2.97. The van der Waals surface area contributed by atoms with Gasteiger partial charge in [-0.15, -0.1) is 11.3 Å². The van der Waals surface area contributed by atoms with Gasteiger partial charge in [0.2, 0.25) is 0 Å². The van der Waals surface area contributed by atoms with Crippen LogP contribution in [0, 0.1) is 0 Å². The SMILES string of the molecule is CNC(C1=CCCO1)c1ccc(Cl)s1. The highest BCUT2D eigenvalue weighted by molar-refractivity contribution is 7.16. The van der Waals surface area contributed by atoms with Gasteiger partial charge in [0.15, 0.2) is 0 Å². The van der Waals surface area contributed by atoms with E-state index < -0.39 is 0 Å². The molecule has 2 rings (SSSR count). The van der Waals surface area contributed by atoms with Crippen molar-refractivity contribution >= 4 is 22.9 Å². The van der Waals surface area contributed by atoms with E-state index in [4.69, 9.17) is 16.3 Å². The first-order chi connectivity index (χ1) is 6.81. The summed E-state index contributed by atoms with van der Waals surface area (Å²) in [6.07, 6.45) is 3.14. The number of hydrogen-bond donors (Lipinski definition) is 1. The minimum Gasteiger partial charge on any atom is -0.496 e. The maximum atomic E-state index is 5.90. The van der Waals surface area contributed by atoms with Gasteiger partial charge in [-0.3, -0.25) is 0 Å². The lowest BCUT2D eigenvalue weighted by atomic mass is 10.2. The van der Waals surface area contributed by atoms with Gasteiger partial charge in [0.05, 0.1) is 17.0 Å². The van der Waals surface area contributed by atoms with Crippen LogP contribution in [-0.2, 0) is 4.74 Å². The standard InChI is InChI=1S/C10H12ClNOS/c1-12-10(7-3-2-6-13-7)8-4-5-9(11)14-8/h3-5,10,12H,2,6H2,1H3. The van der Waals surface area contributed by atoms with Crippen molar-refractivity contribution in [2.45, 2.75) is 12.5 Å². The van der Waals surface area contributed by atoms with E-state index in [0.29, 0.717) is 0 Å². The first-order valence-electron chi connectivity index (χ1n) is 4.56. The molecule has 14 heavy (non-hydrogen) atoms. The predicted molar refractivity (Wildman–Crippen MR) is 59.8 cm³/mol. The van der Waals surface area contributed by atoms with Crippen LogP contribution >= 0.6 is 22.9 Å². The van der Waals surface area contributed by atoms with Gasteiger partial charge in [-0.2, -0.15) is 0 Å². The molecule has 1 aromatic heterocycles. The zero-order valence-electron chi connectivity index (χ0n) is 7.92. The van der Waals surface area contributed by atoms with E-state index in [2.05, 4.69) is 11.4 Å². The number of halogens is 1. The lowest BCUT2D eigenvalue weighted by Gasteiger charge is -2.15. The first kappa shape index (κ1) is 10.0. The molecule has 76 valence electrons. The zero-order valence-corrected chi connectivity index (χ0v) is 9.49. The van der Waals surface area contributed by atoms with Crippen LogP contribution in [0.2, 0.25) is 4.34 Å². The number of rotatable bonds is 3. The van der Waals surface area contributed by atoms with Crippen molar-refractivity contribution < 1.29 is 4.74 Å². The molecule has 1 unspecified atom stereocenters. The third kappa shape index (κ3) is 1.95. The van der Waals surface area contributed by atoms with E-state index >= 15 is 0 Å². The molecule has 1 atom stereocenters. The highest BCUT2D eigenvalue weighted by Crippen LogP contribution is 2.32. The highest BCUT2D eigenvalue weighted by Gasteiger charge is 2.20. The van der Waals surface area contributed by atoms with Gasteiger partial charge >= 0.3 is 0 Å². The molecule has 0 radical (unpaired) electrons. The van der Waals surface area contributed by atoms with Crippen LogP contribution in [-0.4, -0.2) is 13.7 Å². The summed E-state index contributed by atoms with van der Waals surface area (Å²) < 4.78 is 6.35. The maximum Gasteiger partial charge on any atom is 0.114 e. The van der Waals surface area contributed by atoms with Crippen molar-refractivity contribution in [2.75, 3.05) is 13.7 Å². The van der Waals surface area contributed by atoms with Crippen LogP contribution < -0.4 is 5.32 Å². The molecule has 0 bridgehead atoms. The Balaban J connectivity index is 2.20. The molecule has 0 saturated carbocycles. The maximum absolute atomic E-state index is 5.90. The van der Waals surface area contributed by atoms with E-state index in [1.165, 1.54) is 4.88 Å². The summed E-state index contributed by atoms with van der Waals surface area (Å²) in [5.41, 5.74) is 0. The third-order valence-electron chi connectivity index (χ3n) is 2.18. The summed E-state index contributed by atoms with van der Waals surface area (Å²) in [5, 5.41) is 3.23. The van der Waals surface area contributed by atoms with E-state index in [1.807, 2.05) is 19.2 Å². The van der Waals surface area contributed by atoms with Crippen molar-refractivity contribution in [1.29, 1.82) is 0 Å². The van der Waals surface area contributed by atoms with Gasteiger partial charge in [0.1, 0.15) is 5.76 Å². The van der Waals surface area contributed by atoms with Crippen molar-refractivity contribution in [2.24, 2.45) is 0 Å². The average molecular weight is 230 g/mol. The van der Waals surface area contributed by atoms with Gasteiger partial charge < -0.3 is 10.1 Å². The Hall–Kier alpha value is -0.510. The molecule has 0 saturated heterocycles. The van der Waals surface area contributed by atoms with E-state index in [0.717, 1.165) is 23.1 Å². The fraction of sp³-hybridized carbons (Fsp3) is 0.400. The molecule has 2 nitrogen and oxygen atoms in total. The Morgan fingerprint density at radius 1 is 1.57 bits per heavy atom. The molecule has 2 heterocycles. The smallest absolute Gasteiger partial charge is 0.114 e. The van der Waals surface area contributed by atoms with Crippen molar-refractivity contribution in [3.63, 3.8) is 0 Å². The summed E-state index contributed by atoms with van der Waals surface area (Å²) in [7, 11) is 1.93. The number of likely N-dealkylation sites (N-methyl/N-ethyl adjacent to an activating group) is 1. The van der Waals surface area contributed by atoms with Crippen LogP contribution in [0.1, 0.15) is 17.3 Å². The second-order valence-corrected chi connectivity index (χ2v) is 4.85. The van der Waals surface area contributed by atoms with Crippen molar-refractivity contribution in [1.82, 2.24) is 5.32 Å². The lowest BCUT2D eigenvalue weighted by Crippen LogP contribution is -2.17. The normalized spacial score (nSPS) is 17.7. The Morgan fingerprint density at radius 2 is 2.43 bits per heavy atom. The second-order valence-electron chi connectivity index (χ2n) is 3.11. The molecule has 0 aromatic carbocycles. The molecular weight excluding hydrogens is 218 g/mol. The summed E-state index contributed by atoms with van der Waals surface area (Å²) in [4.78, 5) is 1.20. The topological polar surface area (TPSA) is 21.3 Å². The molecule has 1 aliphatic rings. The van der Waals surface area contributed by atoms with Crippen LogP contribution in [0.25, 0.3) is 0 Å². The van der Waals surface area contributed by atoms with E-state index in [-0.39, 0.29) is 6.04 Å².